The van der Waals surface area contributed by atoms with Crippen LogP contribution in [0.4, 0.5) is 0 Å². The van der Waals surface area contributed by atoms with Gasteiger partial charge < -0.3 is 14.2 Å². The van der Waals surface area contributed by atoms with Crippen molar-refractivity contribution in [1.82, 2.24) is 0 Å². The van der Waals surface area contributed by atoms with Gasteiger partial charge in [0, 0.05) is 12.3 Å². The lowest BCUT2D eigenvalue weighted by Crippen LogP contribution is -2.22. The van der Waals surface area contributed by atoms with E-state index in [-0.39, 0.29) is 5.97 Å². The van der Waals surface area contributed by atoms with Crippen LogP contribution in [0.3, 0.4) is 0 Å². The number of esters is 1. The summed E-state index contributed by atoms with van der Waals surface area (Å²) in [6.45, 7) is 1.30. The van der Waals surface area contributed by atoms with Crippen LogP contribution in [0.2, 0.25) is 0 Å². The highest BCUT2D eigenvalue weighted by atomic mass is 16.6. The maximum absolute atomic E-state index is 11.9. The van der Waals surface area contributed by atoms with E-state index in [4.69, 9.17) is 14.2 Å². The lowest BCUT2D eigenvalue weighted by molar-refractivity contribution is -0.130. The molecule has 5 heteroatoms. The average Bonchev–Trinajstić information content (AvgIpc) is 2.68. The fraction of sp³-hybridized carbons (Fsp3) is 0.412. The molecule has 0 N–H and O–H groups in total. The molecule has 2 aliphatic heterocycles. The van der Waals surface area contributed by atoms with Crippen molar-refractivity contribution in [2.45, 2.75) is 25.7 Å². The number of benzene rings is 1. The van der Waals surface area contributed by atoms with E-state index in [0.29, 0.717) is 36.5 Å². The van der Waals surface area contributed by atoms with Crippen LogP contribution < -0.4 is 9.47 Å². The summed E-state index contributed by atoms with van der Waals surface area (Å²) in [6.07, 6.45) is 5.91. The Morgan fingerprint density at radius 2 is 1.91 bits per heavy atom. The third-order valence-electron chi connectivity index (χ3n) is 4.17. The first-order valence-corrected chi connectivity index (χ1v) is 7.72. The molecule has 3 aliphatic rings. The van der Waals surface area contributed by atoms with Crippen LogP contribution in [0.15, 0.2) is 28.9 Å². The number of hydrogen-bond acceptors (Lipinski definition) is 5. The van der Waals surface area contributed by atoms with Gasteiger partial charge in [0.2, 0.25) is 5.90 Å². The summed E-state index contributed by atoms with van der Waals surface area (Å²) in [6, 6.07) is 5.63. The lowest BCUT2D eigenvalue weighted by atomic mass is 9.85. The molecule has 0 spiro atoms. The third kappa shape index (κ3) is 2.47. The zero-order valence-corrected chi connectivity index (χ0v) is 12.2. The maximum atomic E-state index is 11.9. The highest BCUT2D eigenvalue weighted by molar-refractivity contribution is 6.08. The molecule has 0 amide bonds. The highest BCUT2D eigenvalue weighted by Gasteiger charge is 2.32. The molecule has 0 atom stereocenters. The minimum Gasteiger partial charge on any atom is -0.490 e. The zero-order valence-electron chi connectivity index (χ0n) is 12.2. The molecule has 1 aromatic rings. The van der Waals surface area contributed by atoms with Crippen LogP contribution in [-0.4, -0.2) is 25.1 Å². The molecule has 4 rings (SSSR count). The summed E-state index contributed by atoms with van der Waals surface area (Å²) in [5.41, 5.74) is 1.21. The van der Waals surface area contributed by atoms with Gasteiger partial charge >= 0.3 is 5.97 Å². The number of rotatable bonds is 2. The number of fused-ring (bicyclic) bond motifs is 1. The molecule has 22 heavy (non-hydrogen) atoms. The summed E-state index contributed by atoms with van der Waals surface area (Å²) in [5, 5.41) is 0. The van der Waals surface area contributed by atoms with Crippen LogP contribution in [0.1, 0.15) is 31.2 Å². The van der Waals surface area contributed by atoms with E-state index in [9.17, 15) is 4.79 Å². The van der Waals surface area contributed by atoms with Crippen molar-refractivity contribution in [3.63, 3.8) is 0 Å². The Bertz CT molecular complexity index is 673. The Hall–Kier alpha value is -2.30. The molecular formula is C17H17NO4. The van der Waals surface area contributed by atoms with Crippen LogP contribution in [-0.2, 0) is 9.53 Å². The first-order chi connectivity index (χ1) is 10.8. The Kier molecular flexibility index (Phi) is 3.33. The average molecular weight is 299 g/mol. The van der Waals surface area contributed by atoms with Gasteiger partial charge in [-0.25, -0.2) is 9.79 Å². The van der Waals surface area contributed by atoms with Crippen molar-refractivity contribution in [2.75, 3.05) is 13.2 Å². The molecule has 5 nitrogen and oxygen atoms in total. The molecule has 2 heterocycles. The molecule has 0 saturated heterocycles. The summed E-state index contributed by atoms with van der Waals surface area (Å²) in [7, 11) is 0. The van der Waals surface area contributed by atoms with Crippen LogP contribution in [0.5, 0.6) is 11.5 Å². The lowest BCUT2D eigenvalue weighted by Gasteiger charge is -2.23. The molecule has 1 aromatic carbocycles. The van der Waals surface area contributed by atoms with Crippen molar-refractivity contribution < 1.29 is 19.0 Å². The van der Waals surface area contributed by atoms with Crippen LogP contribution in [0.25, 0.3) is 6.08 Å². The molecule has 0 aromatic heterocycles. The van der Waals surface area contributed by atoms with Gasteiger partial charge in [-0.2, -0.15) is 0 Å². The topological polar surface area (TPSA) is 57.1 Å². The van der Waals surface area contributed by atoms with E-state index in [2.05, 4.69) is 4.99 Å². The summed E-state index contributed by atoms with van der Waals surface area (Å²) < 4.78 is 16.5. The predicted molar refractivity (Wildman–Crippen MR) is 80.9 cm³/mol. The monoisotopic (exact) mass is 299 g/mol. The second-order valence-electron chi connectivity index (χ2n) is 5.75. The summed E-state index contributed by atoms with van der Waals surface area (Å²) >= 11 is 0. The highest BCUT2D eigenvalue weighted by Crippen LogP contribution is 2.33. The molecule has 1 saturated carbocycles. The first-order valence-electron chi connectivity index (χ1n) is 7.72. The quantitative estimate of drug-likeness (QED) is 0.622. The van der Waals surface area contributed by atoms with Gasteiger partial charge in [-0.1, -0.05) is 12.5 Å². The van der Waals surface area contributed by atoms with Gasteiger partial charge in [0.15, 0.2) is 17.2 Å². The molecular weight excluding hydrogens is 282 g/mol. The van der Waals surface area contributed by atoms with E-state index in [1.165, 1.54) is 6.42 Å². The molecule has 1 fully saturated rings. The van der Waals surface area contributed by atoms with E-state index in [0.717, 1.165) is 30.6 Å². The molecule has 1 aliphatic carbocycles. The number of nitrogens with zero attached hydrogens (tertiary/aromatic N) is 1. The Morgan fingerprint density at radius 1 is 1.09 bits per heavy atom. The van der Waals surface area contributed by atoms with Crippen molar-refractivity contribution in [2.24, 2.45) is 10.9 Å². The number of hydrogen-bond donors (Lipinski definition) is 0. The fourth-order valence-corrected chi connectivity index (χ4v) is 2.68. The van der Waals surface area contributed by atoms with E-state index in [1.54, 1.807) is 6.08 Å². The minimum absolute atomic E-state index is 0.318. The van der Waals surface area contributed by atoms with E-state index < -0.39 is 0 Å². The largest absolute Gasteiger partial charge is 0.490 e. The SMILES string of the molecule is O=C1OC(C2CCC2)=N/C1=C/c1ccc2c(c1)OCCCO2. The van der Waals surface area contributed by atoms with Gasteiger partial charge in [0.05, 0.1) is 13.2 Å². The Labute approximate surface area is 128 Å². The van der Waals surface area contributed by atoms with Crippen LogP contribution in [0, 0.1) is 5.92 Å². The third-order valence-corrected chi connectivity index (χ3v) is 4.17. The number of aliphatic imine (C=N–C) groups is 1. The zero-order chi connectivity index (χ0) is 14.9. The van der Waals surface area contributed by atoms with Crippen molar-refractivity contribution >= 4 is 17.9 Å². The molecule has 114 valence electrons. The number of carbonyl (C=O) groups is 1. The molecule has 0 unspecified atom stereocenters. The van der Waals surface area contributed by atoms with Gasteiger partial charge in [0.25, 0.3) is 0 Å². The second kappa shape index (κ2) is 5.48. The first kappa shape index (κ1) is 13.4. The van der Waals surface area contributed by atoms with E-state index >= 15 is 0 Å². The normalized spacial score (nSPS) is 22.8. The van der Waals surface area contributed by atoms with Gasteiger partial charge in [-0.3, -0.25) is 0 Å². The van der Waals surface area contributed by atoms with E-state index in [1.807, 2.05) is 18.2 Å². The Morgan fingerprint density at radius 3 is 2.68 bits per heavy atom. The summed E-state index contributed by atoms with van der Waals surface area (Å²) in [5.74, 6) is 1.98. The number of cyclic esters (lactones) is 1. The van der Waals surface area contributed by atoms with Crippen molar-refractivity contribution in [3.8, 4) is 11.5 Å². The summed E-state index contributed by atoms with van der Waals surface area (Å²) in [4.78, 5) is 16.3. The number of carbonyl (C=O) groups excluding carboxylic acids is 1. The maximum Gasteiger partial charge on any atom is 0.363 e. The van der Waals surface area contributed by atoms with Gasteiger partial charge in [-0.15, -0.1) is 0 Å². The predicted octanol–water partition coefficient (Wildman–Crippen LogP) is 2.94. The van der Waals surface area contributed by atoms with Gasteiger partial charge in [-0.05, 0) is 36.6 Å². The Balaban J connectivity index is 1.60. The van der Waals surface area contributed by atoms with Gasteiger partial charge in [0.1, 0.15) is 0 Å². The second-order valence-corrected chi connectivity index (χ2v) is 5.75. The van der Waals surface area contributed by atoms with Crippen molar-refractivity contribution in [3.05, 3.63) is 29.5 Å². The minimum atomic E-state index is -0.367. The molecule has 0 bridgehead atoms. The van der Waals surface area contributed by atoms with Crippen LogP contribution >= 0.6 is 0 Å². The smallest absolute Gasteiger partial charge is 0.363 e. The standard InChI is InChI=1S/C17H17NO4/c19-17-13(18-16(22-17)12-3-1-4-12)9-11-5-6-14-15(10-11)21-8-2-7-20-14/h5-6,9-10,12H,1-4,7-8H2/b13-9+. The number of ether oxygens (including phenoxy) is 3. The van der Waals surface area contributed by atoms with Crippen molar-refractivity contribution in [1.29, 1.82) is 0 Å². The fourth-order valence-electron chi connectivity index (χ4n) is 2.68. The molecule has 0 radical (unpaired) electrons.